The van der Waals surface area contributed by atoms with Crippen LogP contribution in [-0.2, 0) is 16.1 Å². The number of amides is 2. The van der Waals surface area contributed by atoms with Gasteiger partial charge in [-0.1, -0.05) is 43.7 Å². The smallest absolute Gasteiger partial charge is 0.246 e. The van der Waals surface area contributed by atoms with E-state index in [4.69, 9.17) is 5.73 Å². The molecule has 1 aromatic heterocycles. The van der Waals surface area contributed by atoms with Crippen molar-refractivity contribution in [3.05, 3.63) is 30.3 Å². The number of tetrazole rings is 1. The molecular formula is C15H20N6O2. The summed E-state index contributed by atoms with van der Waals surface area (Å²) < 4.78 is 0. The highest BCUT2D eigenvalue weighted by Crippen LogP contribution is 2.11. The Morgan fingerprint density at radius 2 is 2.00 bits per heavy atom. The van der Waals surface area contributed by atoms with Crippen LogP contribution >= 0.6 is 0 Å². The number of hydrogen-bond donors (Lipinski definition) is 1. The van der Waals surface area contributed by atoms with Gasteiger partial charge in [-0.2, -0.15) is 4.80 Å². The number of carbonyl (C=O) groups excluding carboxylic acids is 2. The summed E-state index contributed by atoms with van der Waals surface area (Å²) in [5, 5.41) is 12.0. The summed E-state index contributed by atoms with van der Waals surface area (Å²) in [5.74, 6) is -0.339. The second kappa shape index (κ2) is 8.02. The van der Waals surface area contributed by atoms with Gasteiger partial charge in [0.05, 0.1) is 6.54 Å². The topological polar surface area (TPSA) is 107 Å². The minimum absolute atomic E-state index is 0.0726. The molecule has 1 heterocycles. The summed E-state index contributed by atoms with van der Waals surface area (Å²) in [5.41, 5.74) is 6.02. The van der Waals surface area contributed by atoms with Crippen LogP contribution in [0, 0.1) is 0 Å². The van der Waals surface area contributed by atoms with Gasteiger partial charge < -0.3 is 10.6 Å². The normalized spacial score (nSPS) is 10.5. The zero-order chi connectivity index (χ0) is 16.7. The van der Waals surface area contributed by atoms with Crippen LogP contribution in [0.25, 0.3) is 11.4 Å². The first-order valence-corrected chi connectivity index (χ1v) is 7.49. The number of nitrogens with zero attached hydrogens (tertiary/aromatic N) is 5. The Hall–Kier alpha value is -2.77. The van der Waals surface area contributed by atoms with E-state index in [1.807, 2.05) is 37.3 Å². The molecular weight excluding hydrogens is 296 g/mol. The van der Waals surface area contributed by atoms with Crippen molar-refractivity contribution >= 4 is 11.8 Å². The Balaban J connectivity index is 2.03. The standard InChI is InChI=1S/C15H20N6O2/c1-2-3-9-20(10-13(16)22)14(23)11-21-18-15(17-19-21)12-7-5-4-6-8-12/h4-8H,2-3,9-11H2,1H3,(H2,16,22). The molecule has 2 rings (SSSR count). The molecule has 0 bridgehead atoms. The highest BCUT2D eigenvalue weighted by molar-refractivity contribution is 5.83. The number of benzene rings is 1. The zero-order valence-corrected chi connectivity index (χ0v) is 13.1. The van der Waals surface area contributed by atoms with Gasteiger partial charge in [-0.3, -0.25) is 9.59 Å². The molecule has 2 amide bonds. The maximum absolute atomic E-state index is 12.3. The quantitative estimate of drug-likeness (QED) is 0.761. The highest BCUT2D eigenvalue weighted by Gasteiger charge is 2.17. The fourth-order valence-corrected chi connectivity index (χ4v) is 2.06. The van der Waals surface area contributed by atoms with Gasteiger partial charge in [-0.25, -0.2) is 0 Å². The largest absolute Gasteiger partial charge is 0.368 e. The molecule has 0 aliphatic rings. The number of aromatic nitrogens is 4. The van der Waals surface area contributed by atoms with E-state index < -0.39 is 5.91 Å². The molecule has 2 aromatic rings. The third-order valence-corrected chi connectivity index (χ3v) is 3.24. The van der Waals surface area contributed by atoms with E-state index in [-0.39, 0.29) is 19.0 Å². The predicted molar refractivity (Wildman–Crippen MR) is 83.9 cm³/mol. The Morgan fingerprint density at radius 3 is 2.65 bits per heavy atom. The van der Waals surface area contributed by atoms with Gasteiger partial charge >= 0.3 is 0 Å². The Labute approximate surface area is 134 Å². The number of nitrogens with two attached hydrogens (primary N) is 1. The molecule has 8 nitrogen and oxygen atoms in total. The number of unbranched alkanes of at least 4 members (excludes halogenated alkanes) is 1. The molecule has 0 radical (unpaired) electrons. The average Bonchev–Trinajstić information content (AvgIpc) is 3.00. The Bertz CT molecular complexity index is 655. The van der Waals surface area contributed by atoms with Gasteiger partial charge in [0, 0.05) is 12.1 Å². The van der Waals surface area contributed by atoms with E-state index in [2.05, 4.69) is 15.4 Å². The molecule has 0 aliphatic carbocycles. The molecule has 0 spiro atoms. The fraction of sp³-hybridized carbons (Fsp3) is 0.400. The number of hydrogen-bond acceptors (Lipinski definition) is 5. The lowest BCUT2D eigenvalue weighted by Crippen LogP contribution is -2.41. The predicted octanol–water partition coefficient (Wildman–Crippen LogP) is 0.454. The first-order valence-electron chi connectivity index (χ1n) is 7.49. The second-order valence-corrected chi connectivity index (χ2v) is 5.14. The van der Waals surface area contributed by atoms with Crippen LogP contribution in [0.5, 0.6) is 0 Å². The van der Waals surface area contributed by atoms with Gasteiger partial charge in [0.1, 0.15) is 6.54 Å². The van der Waals surface area contributed by atoms with Crippen molar-refractivity contribution in [3.8, 4) is 11.4 Å². The summed E-state index contributed by atoms with van der Waals surface area (Å²) >= 11 is 0. The third-order valence-electron chi connectivity index (χ3n) is 3.24. The molecule has 0 aliphatic heterocycles. The molecule has 8 heteroatoms. The lowest BCUT2D eigenvalue weighted by molar-refractivity contribution is -0.136. The summed E-state index contributed by atoms with van der Waals surface area (Å²) in [4.78, 5) is 26.0. The van der Waals surface area contributed by atoms with Crippen molar-refractivity contribution in [2.45, 2.75) is 26.3 Å². The maximum Gasteiger partial charge on any atom is 0.246 e. The van der Waals surface area contributed by atoms with Crippen LogP contribution in [0.15, 0.2) is 30.3 Å². The van der Waals surface area contributed by atoms with Gasteiger partial charge in [-0.15, -0.1) is 10.2 Å². The van der Waals surface area contributed by atoms with E-state index in [1.165, 1.54) is 9.70 Å². The Morgan fingerprint density at radius 1 is 1.26 bits per heavy atom. The summed E-state index contributed by atoms with van der Waals surface area (Å²) in [7, 11) is 0. The SMILES string of the molecule is CCCCN(CC(N)=O)C(=O)Cn1nnc(-c2ccccc2)n1. The molecule has 0 unspecified atom stereocenters. The molecule has 0 fully saturated rings. The van der Waals surface area contributed by atoms with Crippen LogP contribution < -0.4 is 5.73 Å². The molecule has 1 aromatic carbocycles. The molecule has 0 saturated carbocycles. The van der Waals surface area contributed by atoms with E-state index in [0.717, 1.165) is 18.4 Å². The molecule has 122 valence electrons. The van der Waals surface area contributed by atoms with Gasteiger partial charge in [0.2, 0.25) is 17.6 Å². The summed E-state index contributed by atoms with van der Waals surface area (Å²) in [6.07, 6.45) is 1.72. The van der Waals surface area contributed by atoms with Gasteiger partial charge in [-0.05, 0) is 11.6 Å². The van der Waals surface area contributed by atoms with Crippen molar-refractivity contribution in [2.75, 3.05) is 13.1 Å². The van der Waals surface area contributed by atoms with Gasteiger partial charge in [0.15, 0.2) is 0 Å². The monoisotopic (exact) mass is 316 g/mol. The van der Waals surface area contributed by atoms with Crippen LogP contribution in [0.4, 0.5) is 0 Å². The van der Waals surface area contributed by atoms with E-state index >= 15 is 0 Å². The lowest BCUT2D eigenvalue weighted by Gasteiger charge is -2.20. The van der Waals surface area contributed by atoms with Crippen molar-refractivity contribution in [3.63, 3.8) is 0 Å². The minimum atomic E-state index is -0.536. The van der Waals surface area contributed by atoms with E-state index in [9.17, 15) is 9.59 Å². The van der Waals surface area contributed by atoms with Crippen LogP contribution in [0.3, 0.4) is 0 Å². The van der Waals surface area contributed by atoms with Crippen molar-refractivity contribution in [2.24, 2.45) is 5.73 Å². The zero-order valence-electron chi connectivity index (χ0n) is 13.1. The first-order chi connectivity index (χ1) is 11.1. The minimum Gasteiger partial charge on any atom is -0.368 e. The second-order valence-electron chi connectivity index (χ2n) is 5.14. The fourth-order valence-electron chi connectivity index (χ4n) is 2.06. The highest BCUT2D eigenvalue weighted by atomic mass is 16.2. The number of carbonyl (C=O) groups is 2. The van der Waals surface area contributed by atoms with Crippen molar-refractivity contribution in [1.82, 2.24) is 25.1 Å². The van der Waals surface area contributed by atoms with Crippen LogP contribution in [0.1, 0.15) is 19.8 Å². The summed E-state index contributed by atoms with van der Waals surface area (Å²) in [6, 6.07) is 9.38. The average molecular weight is 316 g/mol. The van der Waals surface area contributed by atoms with Crippen molar-refractivity contribution in [1.29, 1.82) is 0 Å². The maximum atomic E-state index is 12.3. The molecule has 2 N–H and O–H groups in total. The first kappa shape index (κ1) is 16.6. The van der Waals surface area contributed by atoms with Crippen molar-refractivity contribution < 1.29 is 9.59 Å². The van der Waals surface area contributed by atoms with E-state index in [0.29, 0.717) is 12.4 Å². The summed E-state index contributed by atoms with van der Waals surface area (Å²) in [6.45, 7) is 2.33. The third kappa shape index (κ3) is 4.87. The van der Waals surface area contributed by atoms with E-state index in [1.54, 1.807) is 0 Å². The molecule has 0 saturated heterocycles. The number of primary amides is 1. The van der Waals surface area contributed by atoms with Gasteiger partial charge in [0.25, 0.3) is 0 Å². The van der Waals surface area contributed by atoms with Crippen LogP contribution in [-0.4, -0.2) is 50.0 Å². The lowest BCUT2D eigenvalue weighted by atomic mass is 10.2. The molecule has 0 atom stereocenters. The van der Waals surface area contributed by atoms with Crippen LogP contribution in [0.2, 0.25) is 0 Å². The molecule has 23 heavy (non-hydrogen) atoms. The number of rotatable bonds is 8. The Kier molecular flexibility index (Phi) is 5.79.